The number of benzene rings is 2. The maximum Gasteiger partial charge on any atom is 0.270 e. The molecule has 2 amide bonds. The molecule has 1 unspecified atom stereocenters. The van der Waals surface area contributed by atoms with Gasteiger partial charge in [0.2, 0.25) is 5.91 Å². The Bertz CT molecular complexity index is 874. The second kappa shape index (κ2) is 9.09. The van der Waals surface area contributed by atoms with Crippen LogP contribution in [0.5, 0.6) is 0 Å². The minimum atomic E-state index is -1.55. The summed E-state index contributed by atoms with van der Waals surface area (Å²) in [5, 5.41) is 11.6. The fraction of sp³-hybridized carbons (Fsp3) is 0.333. The molecule has 0 aromatic heterocycles. The van der Waals surface area contributed by atoms with E-state index in [2.05, 4.69) is 5.32 Å². The van der Waals surface area contributed by atoms with Gasteiger partial charge < -0.3 is 5.32 Å². The van der Waals surface area contributed by atoms with Crippen LogP contribution in [-0.2, 0) is 9.59 Å². The van der Waals surface area contributed by atoms with Crippen molar-refractivity contribution in [2.45, 2.75) is 38.1 Å². The van der Waals surface area contributed by atoms with E-state index in [1.165, 1.54) is 29.7 Å². The van der Waals surface area contributed by atoms with Gasteiger partial charge in [-0.2, -0.15) is 0 Å². The number of amides is 2. The van der Waals surface area contributed by atoms with E-state index in [9.17, 15) is 22.8 Å². The molecule has 0 bridgehead atoms. The summed E-state index contributed by atoms with van der Waals surface area (Å²) < 4.78 is 40.0. The zero-order valence-electron chi connectivity index (χ0n) is 15.6. The molecule has 3 N–H and O–H groups in total. The third kappa shape index (κ3) is 4.95. The molecule has 0 aliphatic heterocycles. The van der Waals surface area contributed by atoms with Crippen molar-refractivity contribution in [2.24, 2.45) is 5.92 Å². The summed E-state index contributed by atoms with van der Waals surface area (Å²) in [5.41, 5.74) is 2.44. The predicted molar refractivity (Wildman–Crippen MR) is 99.1 cm³/mol. The van der Waals surface area contributed by atoms with Gasteiger partial charge in [-0.3, -0.25) is 14.8 Å². The highest BCUT2D eigenvalue weighted by Crippen LogP contribution is 2.28. The van der Waals surface area contributed by atoms with Gasteiger partial charge in [0.25, 0.3) is 5.91 Å². The van der Waals surface area contributed by atoms with Crippen LogP contribution in [0.25, 0.3) is 11.1 Å². The molecule has 1 aliphatic carbocycles. The van der Waals surface area contributed by atoms with Gasteiger partial charge in [0.1, 0.15) is 6.04 Å². The standard InChI is InChI=1S/C21H21F3N2O3/c22-16-10-15(11-17(23)19(16)24)13-5-7-14(8-6-13)20(21(28)26-29)25-18(27)9-12-3-1-2-4-12/h5-8,10-12,20,29H,1-4,9H2,(H,25,27)(H,26,28). The van der Waals surface area contributed by atoms with Crippen LogP contribution in [0, 0.1) is 23.4 Å². The Morgan fingerprint density at radius 1 is 1.00 bits per heavy atom. The van der Waals surface area contributed by atoms with Gasteiger partial charge in [-0.05, 0) is 47.6 Å². The number of carbonyl (C=O) groups excluding carboxylic acids is 2. The van der Waals surface area contributed by atoms with Gasteiger partial charge >= 0.3 is 0 Å². The molecule has 0 saturated heterocycles. The maximum absolute atomic E-state index is 13.5. The number of halogens is 3. The van der Waals surface area contributed by atoms with Crippen LogP contribution in [0.1, 0.15) is 43.7 Å². The lowest BCUT2D eigenvalue weighted by Crippen LogP contribution is -2.39. The molecular weight excluding hydrogens is 385 g/mol. The topological polar surface area (TPSA) is 78.4 Å². The summed E-state index contributed by atoms with van der Waals surface area (Å²) >= 11 is 0. The SMILES string of the molecule is O=C(CC1CCCC1)NC(C(=O)NO)c1ccc(-c2cc(F)c(F)c(F)c2)cc1. The first kappa shape index (κ1) is 20.9. The second-order valence-corrected chi connectivity index (χ2v) is 7.21. The summed E-state index contributed by atoms with van der Waals surface area (Å²) in [7, 11) is 0. The van der Waals surface area contributed by atoms with Crippen molar-refractivity contribution in [1.82, 2.24) is 10.8 Å². The Morgan fingerprint density at radius 2 is 1.59 bits per heavy atom. The largest absolute Gasteiger partial charge is 0.340 e. The Kier molecular flexibility index (Phi) is 6.53. The monoisotopic (exact) mass is 406 g/mol. The van der Waals surface area contributed by atoms with E-state index in [4.69, 9.17) is 5.21 Å². The average molecular weight is 406 g/mol. The zero-order chi connectivity index (χ0) is 21.0. The fourth-order valence-corrected chi connectivity index (χ4v) is 3.65. The number of hydrogen-bond acceptors (Lipinski definition) is 3. The summed E-state index contributed by atoms with van der Waals surface area (Å²) in [6.45, 7) is 0. The van der Waals surface area contributed by atoms with Crippen LogP contribution in [0.15, 0.2) is 36.4 Å². The van der Waals surface area contributed by atoms with Gasteiger partial charge in [-0.1, -0.05) is 37.1 Å². The number of rotatable bonds is 6. The molecular formula is C21H21F3N2O3. The van der Waals surface area contributed by atoms with Gasteiger partial charge in [-0.15, -0.1) is 0 Å². The number of nitrogens with one attached hydrogen (secondary N) is 2. The van der Waals surface area contributed by atoms with Crippen molar-refractivity contribution >= 4 is 11.8 Å². The molecule has 0 spiro atoms. The van der Waals surface area contributed by atoms with Crippen LogP contribution < -0.4 is 10.8 Å². The van der Waals surface area contributed by atoms with Gasteiger partial charge in [-0.25, -0.2) is 18.7 Å². The van der Waals surface area contributed by atoms with E-state index in [-0.39, 0.29) is 11.5 Å². The fourth-order valence-electron chi connectivity index (χ4n) is 3.65. The normalized spacial score (nSPS) is 15.2. The molecule has 2 aromatic rings. The van der Waals surface area contributed by atoms with E-state index in [1.54, 1.807) is 0 Å². The van der Waals surface area contributed by atoms with Crippen LogP contribution in [0.3, 0.4) is 0 Å². The molecule has 1 atom stereocenters. The van der Waals surface area contributed by atoms with E-state index < -0.39 is 29.4 Å². The molecule has 1 aliphatic rings. The quantitative estimate of drug-likeness (QED) is 0.385. The first-order valence-corrected chi connectivity index (χ1v) is 9.37. The van der Waals surface area contributed by atoms with Crippen molar-refractivity contribution in [3.8, 4) is 11.1 Å². The predicted octanol–water partition coefficient (Wildman–Crippen LogP) is 4.01. The van der Waals surface area contributed by atoms with Crippen molar-refractivity contribution < 1.29 is 28.0 Å². The molecule has 2 aromatic carbocycles. The third-order valence-corrected chi connectivity index (χ3v) is 5.19. The van der Waals surface area contributed by atoms with Crippen molar-refractivity contribution in [2.75, 3.05) is 0 Å². The van der Waals surface area contributed by atoms with E-state index in [0.717, 1.165) is 37.8 Å². The van der Waals surface area contributed by atoms with Gasteiger partial charge in [0.15, 0.2) is 17.5 Å². The lowest BCUT2D eigenvalue weighted by Gasteiger charge is -2.19. The molecule has 5 nitrogen and oxygen atoms in total. The average Bonchev–Trinajstić information content (AvgIpc) is 3.22. The maximum atomic E-state index is 13.5. The highest BCUT2D eigenvalue weighted by Gasteiger charge is 2.25. The van der Waals surface area contributed by atoms with Crippen molar-refractivity contribution in [3.05, 3.63) is 59.4 Å². The van der Waals surface area contributed by atoms with E-state index in [1.807, 2.05) is 0 Å². The molecule has 1 fully saturated rings. The molecule has 0 heterocycles. The minimum Gasteiger partial charge on any atom is -0.340 e. The Morgan fingerprint density at radius 3 is 2.14 bits per heavy atom. The molecule has 8 heteroatoms. The molecule has 154 valence electrons. The lowest BCUT2D eigenvalue weighted by atomic mass is 9.99. The summed E-state index contributed by atoms with van der Waals surface area (Å²) in [4.78, 5) is 24.4. The second-order valence-electron chi connectivity index (χ2n) is 7.21. The molecule has 0 radical (unpaired) electrons. The summed E-state index contributed by atoms with van der Waals surface area (Å²) in [5.74, 6) is -4.97. The Labute approximate surface area is 165 Å². The van der Waals surface area contributed by atoms with E-state index in [0.29, 0.717) is 23.5 Å². The number of hydroxylamine groups is 1. The highest BCUT2D eigenvalue weighted by molar-refractivity contribution is 5.88. The number of hydrogen-bond donors (Lipinski definition) is 3. The number of carbonyl (C=O) groups is 2. The van der Waals surface area contributed by atoms with Crippen LogP contribution in [-0.4, -0.2) is 17.0 Å². The van der Waals surface area contributed by atoms with Crippen molar-refractivity contribution in [3.63, 3.8) is 0 Å². The van der Waals surface area contributed by atoms with Crippen molar-refractivity contribution in [1.29, 1.82) is 0 Å². The minimum absolute atomic E-state index is 0.126. The lowest BCUT2D eigenvalue weighted by molar-refractivity contribution is -0.135. The summed E-state index contributed by atoms with van der Waals surface area (Å²) in [6.07, 6.45) is 4.43. The molecule has 3 rings (SSSR count). The molecule has 29 heavy (non-hydrogen) atoms. The summed E-state index contributed by atoms with van der Waals surface area (Å²) in [6, 6.07) is 6.58. The smallest absolute Gasteiger partial charge is 0.270 e. The first-order chi connectivity index (χ1) is 13.9. The highest BCUT2D eigenvalue weighted by atomic mass is 19.2. The third-order valence-electron chi connectivity index (χ3n) is 5.19. The Hall–Kier alpha value is -2.87. The van der Waals surface area contributed by atoms with Crippen LogP contribution in [0.4, 0.5) is 13.2 Å². The molecule has 1 saturated carbocycles. The van der Waals surface area contributed by atoms with Crippen LogP contribution in [0.2, 0.25) is 0 Å². The van der Waals surface area contributed by atoms with Gasteiger partial charge in [0.05, 0.1) is 0 Å². The van der Waals surface area contributed by atoms with E-state index >= 15 is 0 Å². The Balaban J connectivity index is 1.78. The zero-order valence-corrected chi connectivity index (χ0v) is 15.6. The first-order valence-electron chi connectivity index (χ1n) is 9.37. The van der Waals surface area contributed by atoms with Gasteiger partial charge in [0, 0.05) is 6.42 Å². The van der Waals surface area contributed by atoms with Crippen LogP contribution >= 0.6 is 0 Å².